The highest BCUT2D eigenvalue weighted by Gasteiger charge is 2.20. The average Bonchev–Trinajstić information content (AvgIpc) is 3.69. The predicted octanol–water partition coefficient (Wildman–Crippen LogP) is 6.37. The van der Waals surface area contributed by atoms with Gasteiger partial charge in [0.1, 0.15) is 5.82 Å². The molecule has 9 heteroatoms. The molecular weight excluding hydrogens is 556 g/mol. The van der Waals surface area contributed by atoms with Crippen LogP contribution in [0.25, 0.3) is 21.5 Å². The van der Waals surface area contributed by atoms with Crippen molar-refractivity contribution in [3.63, 3.8) is 0 Å². The summed E-state index contributed by atoms with van der Waals surface area (Å²) < 4.78 is 2.08. The van der Waals surface area contributed by atoms with Gasteiger partial charge in [-0.05, 0) is 72.6 Å². The number of fused-ring (bicyclic) bond motifs is 1. The second-order valence-electron chi connectivity index (χ2n) is 10.0. The summed E-state index contributed by atoms with van der Waals surface area (Å²) in [4.78, 5) is 43.2. The Bertz CT molecular complexity index is 1980. The first kappa shape index (κ1) is 27.7. The van der Waals surface area contributed by atoms with E-state index in [0.717, 1.165) is 27.9 Å². The SMILES string of the molecule is CN(C(=O)c1cccc(C#N)c1)c1ccc2c(c1)nc(CC(=O)c1ccc(-c3cccnc3)s1)n2CCc1cccnc1. The van der Waals surface area contributed by atoms with Crippen molar-refractivity contribution in [2.75, 3.05) is 11.9 Å². The molecule has 0 spiro atoms. The van der Waals surface area contributed by atoms with Crippen molar-refractivity contribution >= 4 is 39.7 Å². The fourth-order valence-electron chi connectivity index (χ4n) is 4.96. The molecular formula is C34H26N6O2S. The minimum atomic E-state index is -0.232. The number of carbonyl (C=O) groups excluding carboxylic acids is 2. The molecule has 1 amide bonds. The van der Waals surface area contributed by atoms with Crippen LogP contribution in [0, 0.1) is 11.3 Å². The van der Waals surface area contributed by atoms with Gasteiger partial charge in [0.2, 0.25) is 0 Å². The molecule has 0 saturated carbocycles. The van der Waals surface area contributed by atoms with Crippen LogP contribution in [0.1, 0.15) is 37.0 Å². The number of nitriles is 1. The molecule has 0 atom stereocenters. The number of amides is 1. The summed E-state index contributed by atoms with van der Waals surface area (Å²) in [5, 5.41) is 9.24. The number of ketones is 1. The fraction of sp³-hybridized carbons (Fsp3) is 0.118. The lowest BCUT2D eigenvalue weighted by Crippen LogP contribution is -2.26. The number of aryl methyl sites for hydroxylation is 2. The lowest BCUT2D eigenvalue weighted by atomic mass is 10.1. The van der Waals surface area contributed by atoms with Gasteiger partial charge in [-0.15, -0.1) is 11.3 Å². The number of pyridine rings is 2. The molecule has 2 aromatic carbocycles. The Kier molecular flexibility index (Phi) is 7.85. The molecule has 0 unspecified atom stereocenters. The molecule has 4 aromatic heterocycles. The second kappa shape index (κ2) is 12.2. The van der Waals surface area contributed by atoms with E-state index in [-0.39, 0.29) is 18.1 Å². The lowest BCUT2D eigenvalue weighted by Gasteiger charge is -2.17. The molecule has 0 N–H and O–H groups in total. The Hall–Kier alpha value is -5.46. The molecule has 6 aromatic rings. The topological polar surface area (TPSA) is 105 Å². The van der Waals surface area contributed by atoms with Crippen molar-refractivity contribution < 1.29 is 9.59 Å². The van der Waals surface area contributed by atoms with Gasteiger partial charge in [-0.2, -0.15) is 5.26 Å². The van der Waals surface area contributed by atoms with Crippen molar-refractivity contribution in [1.82, 2.24) is 19.5 Å². The van der Waals surface area contributed by atoms with Gasteiger partial charge < -0.3 is 9.47 Å². The smallest absolute Gasteiger partial charge is 0.258 e. The zero-order valence-corrected chi connectivity index (χ0v) is 24.2. The molecule has 8 nitrogen and oxygen atoms in total. The highest BCUT2D eigenvalue weighted by atomic mass is 32.1. The molecule has 0 saturated heterocycles. The summed E-state index contributed by atoms with van der Waals surface area (Å²) in [6.07, 6.45) is 7.97. The number of Topliss-reactive ketones (excluding diaryl/α,β-unsaturated/α-hetero) is 1. The number of hydrogen-bond donors (Lipinski definition) is 0. The van der Waals surface area contributed by atoms with Gasteiger partial charge in [0, 0.05) is 60.1 Å². The maximum atomic E-state index is 13.5. The van der Waals surface area contributed by atoms with Crippen LogP contribution in [0.2, 0.25) is 0 Å². The van der Waals surface area contributed by atoms with Crippen LogP contribution in [0.3, 0.4) is 0 Å². The minimum Gasteiger partial charge on any atom is -0.327 e. The molecule has 0 radical (unpaired) electrons. The summed E-state index contributed by atoms with van der Waals surface area (Å²) in [6, 6.07) is 26.0. The van der Waals surface area contributed by atoms with E-state index in [0.29, 0.717) is 39.6 Å². The van der Waals surface area contributed by atoms with Gasteiger partial charge in [0.15, 0.2) is 5.78 Å². The van der Waals surface area contributed by atoms with Gasteiger partial charge in [0.05, 0.1) is 34.0 Å². The van der Waals surface area contributed by atoms with Gasteiger partial charge in [0.25, 0.3) is 5.91 Å². The summed E-state index contributed by atoms with van der Waals surface area (Å²) in [5.74, 6) is 0.418. The third-order valence-corrected chi connectivity index (χ3v) is 8.41. The van der Waals surface area contributed by atoms with Crippen LogP contribution in [-0.2, 0) is 19.4 Å². The van der Waals surface area contributed by atoms with E-state index >= 15 is 0 Å². The Labute approximate surface area is 252 Å². The molecule has 6 rings (SSSR count). The number of anilines is 1. The normalized spacial score (nSPS) is 10.9. The number of aromatic nitrogens is 4. The maximum Gasteiger partial charge on any atom is 0.258 e. The summed E-state index contributed by atoms with van der Waals surface area (Å²) in [7, 11) is 1.70. The van der Waals surface area contributed by atoms with E-state index in [4.69, 9.17) is 4.98 Å². The standard InChI is InChI=1S/C34H26N6O2S/c1-39(34(42)25-7-2-5-24(17-25)20-35)27-9-10-29-28(18-27)38-33(40(29)16-13-23-6-3-14-36-21-23)19-30(41)32-12-11-31(43-32)26-8-4-15-37-22-26/h2-12,14-15,17-18,21-22H,13,16,19H2,1H3. The van der Waals surface area contributed by atoms with Crippen LogP contribution in [0.4, 0.5) is 5.69 Å². The van der Waals surface area contributed by atoms with Crippen molar-refractivity contribution in [2.24, 2.45) is 0 Å². The van der Waals surface area contributed by atoms with Crippen LogP contribution in [-0.4, -0.2) is 38.3 Å². The molecule has 0 bridgehead atoms. The molecule has 43 heavy (non-hydrogen) atoms. The number of carbonyl (C=O) groups is 2. The fourth-order valence-corrected chi connectivity index (χ4v) is 5.90. The Morgan fingerprint density at radius 1 is 0.953 bits per heavy atom. The molecule has 0 aliphatic carbocycles. The first-order valence-corrected chi connectivity index (χ1v) is 14.5. The Morgan fingerprint density at radius 2 is 1.79 bits per heavy atom. The van der Waals surface area contributed by atoms with Crippen molar-refractivity contribution in [2.45, 2.75) is 19.4 Å². The van der Waals surface area contributed by atoms with Crippen molar-refractivity contribution in [3.8, 4) is 16.5 Å². The molecule has 4 heterocycles. The number of thiophene rings is 1. The zero-order chi connectivity index (χ0) is 29.8. The van der Waals surface area contributed by atoms with Crippen LogP contribution < -0.4 is 4.90 Å². The van der Waals surface area contributed by atoms with E-state index in [1.165, 1.54) is 11.3 Å². The van der Waals surface area contributed by atoms with Gasteiger partial charge in [-0.1, -0.05) is 18.2 Å². The Morgan fingerprint density at radius 3 is 2.56 bits per heavy atom. The third-order valence-electron chi connectivity index (χ3n) is 7.23. The van der Waals surface area contributed by atoms with Crippen molar-refractivity contribution in [3.05, 3.63) is 131 Å². The summed E-state index contributed by atoms with van der Waals surface area (Å²) in [6.45, 7) is 0.616. The highest BCUT2D eigenvalue weighted by molar-refractivity contribution is 7.17. The largest absolute Gasteiger partial charge is 0.327 e. The zero-order valence-electron chi connectivity index (χ0n) is 23.3. The van der Waals surface area contributed by atoms with E-state index in [1.807, 2.05) is 60.8 Å². The number of hydrogen-bond acceptors (Lipinski definition) is 7. The van der Waals surface area contributed by atoms with Crippen LogP contribution in [0.5, 0.6) is 0 Å². The van der Waals surface area contributed by atoms with Gasteiger partial charge in [-0.3, -0.25) is 19.6 Å². The lowest BCUT2D eigenvalue weighted by molar-refractivity contribution is 0.0985. The number of benzene rings is 2. The number of rotatable bonds is 9. The highest BCUT2D eigenvalue weighted by Crippen LogP contribution is 2.29. The second-order valence-corrected chi connectivity index (χ2v) is 11.1. The van der Waals surface area contributed by atoms with E-state index < -0.39 is 0 Å². The quantitative estimate of drug-likeness (QED) is 0.184. The third kappa shape index (κ3) is 5.96. The molecule has 0 aliphatic rings. The average molecular weight is 583 g/mol. The summed E-state index contributed by atoms with van der Waals surface area (Å²) in [5.41, 5.74) is 5.15. The first-order valence-electron chi connectivity index (χ1n) is 13.7. The molecule has 0 aliphatic heterocycles. The van der Waals surface area contributed by atoms with Crippen molar-refractivity contribution in [1.29, 1.82) is 5.26 Å². The predicted molar refractivity (Wildman–Crippen MR) is 167 cm³/mol. The minimum absolute atomic E-state index is 0.0111. The van der Waals surface area contributed by atoms with Gasteiger partial charge >= 0.3 is 0 Å². The number of nitrogens with zero attached hydrogens (tertiary/aromatic N) is 6. The van der Waals surface area contributed by atoms with Gasteiger partial charge in [-0.25, -0.2) is 4.98 Å². The molecule has 0 fully saturated rings. The monoisotopic (exact) mass is 582 g/mol. The van der Waals surface area contributed by atoms with E-state index in [9.17, 15) is 14.9 Å². The molecule has 210 valence electrons. The number of imidazole rings is 1. The van der Waals surface area contributed by atoms with Crippen LogP contribution >= 0.6 is 11.3 Å². The van der Waals surface area contributed by atoms with E-state index in [2.05, 4.69) is 20.6 Å². The maximum absolute atomic E-state index is 13.5. The first-order chi connectivity index (χ1) is 21.0. The summed E-state index contributed by atoms with van der Waals surface area (Å²) >= 11 is 1.45. The van der Waals surface area contributed by atoms with E-state index in [1.54, 1.807) is 54.8 Å². The Balaban J connectivity index is 1.31. The van der Waals surface area contributed by atoms with Crippen LogP contribution in [0.15, 0.2) is 104 Å².